The third-order valence-electron chi connectivity index (χ3n) is 2.09. The summed E-state index contributed by atoms with van der Waals surface area (Å²) in [4.78, 5) is 11.3. The summed E-state index contributed by atoms with van der Waals surface area (Å²) in [7, 11) is 0. The maximum Gasteiger partial charge on any atom is 0.416 e. The molecular formula is C10H13F3N4O2. The number of amides is 1. The molecule has 9 heteroatoms. The Kier molecular flexibility index (Phi) is 5.04. The molecule has 106 valence electrons. The van der Waals surface area contributed by atoms with E-state index in [0.717, 1.165) is 0 Å². The van der Waals surface area contributed by atoms with Crippen LogP contribution < -0.4 is 10.6 Å². The lowest BCUT2D eigenvalue weighted by Gasteiger charge is -2.15. The quantitative estimate of drug-likeness (QED) is 0.732. The van der Waals surface area contributed by atoms with Crippen molar-refractivity contribution in [3.63, 3.8) is 0 Å². The zero-order valence-electron chi connectivity index (χ0n) is 10.0. The van der Waals surface area contributed by atoms with Gasteiger partial charge in [-0.1, -0.05) is 0 Å². The van der Waals surface area contributed by atoms with Gasteiger partial charge in [0.2, 0.25) is 0 Å². The number of carbonyl (C=O) groups excluding carboxylic acids is 1. The molecule has 1 aromatic heterocycles. The van der Waals surface area contributed by atoms with Crippen molar-refractivity contribution in [3.8, 4) is 0 Å². The van der Waals surface area contributed by atoms with Crippen molar-refractivity contribution >= 4 is 11.7 Å². The monoisotopic (exact) mass is 278 g/mol. The van der Waals surface area contributed by atoms with Crippen LogP contribution in [0.2, 0.25) is 0 Å². The predicted octanol–water partition coefficient (Wildman–Crippen LogP) is 0.561. The van der Waals surface area contributed by atoms with Crippen molar-refractivity contribution in [2.24, 2.45) is 0 Å². The molecule has 0 saturated carbocycles. The summed E-state index contributed by atoms with van der Waals surface area (Å²) in [6, 6.07) is 2.63. The molecule has 1 aromatic rings. The fraction of sp³-hybridized carbons (Fsp3) is 0.500. The number of carbonyl (C=O) groups is 1. The average molecular weight is 278 g/mol. The Morgan fingerprint density at radius 3 is 2.58 bits per heavy atom. The number of anilines is 1. The molecule has 1 amide bonds. The van der Waals surface area contributed by atoms with E-state index in [0.29, 0.717) is 6.54 Å². The Morgan fingerprint density at radius 2 is 2.11 bits per heavy atom. The Balaban J connectivity index is 2.56. The second-order valence-corrected chi connectivity index (χ2v) is 3.60. The van der Waals surface area contributed by atoms with Gasteiger partial charge in [-0.05, 0) is 19.1 Å². The van der Waals surface area contributed by atoms with Gasteiger partial charge in [0.1, 0.15) is 5.82 Å². The number of rotatable bonds is 5. The molecule has 0 spiro atoms. The van der Waals surface area contributed by atoms with E-state index in [1.807, 2.05) is 0 Å². The van der Waals surface area contributed by atoms with Gasteiger partial charge in [0.15, 0.2) is 11.8 Å². The molecule has 0 aromatic carbocycles. The first-order valence-electron chi connectivity index (χ1n) is 5.45. The molecule has 1 heterocycles. The van der Waals surface area contributed by atoms with Gasteiger partial charge in [0.25, 0.3) is 5.91 Å². The van der Waals surface area contributed by atoms with E-state index in [4.69, 9.17) is 5.11 Å². The molecule has 0 fully saturated rings. The van der Waals surface area contributed by atoms with Crippen molar-refractivity contribution in [2.45, 2.75) is 19.2 Å². The molecule has 0 saturated heterocycles. The second kappa shape index (κ2) is 6.32. The maximum absolute atomic E-state index is 12.0. The van der Waals surface area contributed by atoms with Gasteiger partial charge in [0, 0.05) is 6.54 Å². The van der Waals surface area contributed by atoms with Crippen LogP contribution in [0.25, 0.3) is 0 Å². The first-order chi connectivity index (χ1) is 8.84. The zero-order valence-corrected chi connectivity index (χ0v) is 10.0. The summed E-state index contributed by atoms with van der Waals surface area (Å²) in [5, 5.41) is 20.6. The lowest BCUT2D eigenvalue weighted by Crippen LogP contribution is -2.35. The van der Waals surface area contributed by atoms with Crippen molar-refractivity contribution in [2.75, 3.05) is 18.4 Å². The molecule has 1 atom stereocenters. The number of nitrogens with zero attached hydrogens (tertiary/aromatic N) is 2. The van der Waals surface area contributed by atoms with Crippen LogP contribution in [0.5, 0.6) is 0 Å². The van der Waals surface area contributed by atoms with E-state index < -0.39 is 24.7 Å². The van der Waals surface area contributed by atoms with Crippen LogP contribution in [0.15, 0.2) is 12.1 Å². The maximum atomic E-state index is 12.0. The Bertz CT molecular complexity index is 422. The lowest BCUT2D eigenvalue weighted by atomic mass is 10.3. The summed E-state index contributed by atoms with van der Waals surface area (Å²) in [5.74, 6) is -0.381. The first kappa shape index (κ1) is 15.2. The molecule has 0 aliphatic carbocycles. The van der Waals surface area contributed by atoms with Gasteiger partial charge >= 0.3 is 6.18 Å². The number of aromatic nitrogens is 2. The number of hydrogen-bond donors (Lipinski definition) is 3. The molecule has 0 aliphatic heterocycles. The number of halogens is 3. The van der Waals surface area contributed by atoms with E-state index in [9.17, 15) is 18.0 Å². The highest BCUT2D eigenvalue weighted by Gasteiger charge is 2.37. The van der Waals surface area contributed by atoms with Crippen molar-refractivity contribution in [1.29, 1.82) is 0 Å². The molecule has 19 heavy (non-hydrogen) atoms. The number of nitrogens with one attached hydrogen (secondary N) is 2. The van der Waals surface area contributed by atoms with Crippen molar-refractivity contribution < 1.29 is 23.1 Å². The van der Waals surface area contributed by atoms with E-state index in [1.54, 1.807) is 6.92 Å². The van der Waals surface area contributed by atoms with Gasteiger partial charge < -0.3 is 15.7 Å². The van der Waals surface area contributed by atoms with Crippen molar-refractivity contribution in [1.82, 2.24) is 15.5 Å². The van der Waals surface area contributed by atoms with E-state index in [1.165, 1.54) is 12.1 Å². The van der Waals surface area contributed by atoms with E-state index >= 15 is 0 Å². The molecule has 6 nitrogen and oxygen atoms in total. The van der Waals surface area contributed by atoms with Crippen LogP contribution in [0, 0.1) is 0 Å². The normalized spacial score (nSPS) is 12.9. The summed E-state index contributed by atoms with van der Waals surface area (Å²) in [6.07, 6.45) is -7.18. The molecule has 0 aliphatic rings. The minimum absolute atomic E-state index is 0.0383. The van der Waals surface area contributed by atoms with Gasteiger partial charge in [0.05, 0.1) is 6.54 Å². The molecule has 3 N–H and O–H groups in total. The molecule has 1 rings (SSSR count). The van der Waals surface area contributed by atoms with Crippen LogP contribution >= 0.6 is 0 Å². The highest BCUT2D eigenvalue weighted by molar-refractivity contribution is 5.92. The lowest BCUT2D eigenvalue weighted by molar-refractivity contribution is -0.198. The molecule has 0 radical (unpaired) electrons. The Hall–Kier alpha value is -1.90. The number of aliphatic hydroxyl groups is 1. The number of alkyl halides is 3. The van der Waals surface area contributed by atoms with E-state index in [2.05, 4.69) is 20.8 Å². The Labute approximate surface area is 107 Å². The first-order valence-corrected chi connectivity index (χ1v) is 5.45. The number of aliphatic hydroxyl groups excluding tert-OH is 1. The minimum atomic E-state index is -4.69. The summed E-state index contributed by atoms with van der Waals surface area (Å²) in [6.45, 7) is 1.43. The topological polar surface area (TPSA) is 87.1 Å². The highest BCUT2D eigenvalue weighted by Crippen LogP contribution is 2.20. The standard InChI is InChI=1S/C10H13F3N4O2/c1-2-14-9(19)6-3-4-8(17-16-6)15-5-7(18)10(11,12)13/h3-4,7,18H,2,5H2,1H3,(H,14,19)(H,15,17). The largest absolute Gasteiger partial charge is 0.416 e. The van der Waals surface area contributed by atoms with Crippen LogP contribution in [-0.4, -0.2) is 46.6 Å². The fourth-order valence-electron chi connectivity index (χ4n) is 1.12. The van der Waals surface area contributed by atoms with Gasteiger partial charge in [-0.2, -0.15) is 13.2 Å². The third-order valence-corrected chi connectivity index (χ3v) is 2.09. The minimum Gasteiger partial charge on any atom is -0.382 e. The van der Waals surface area contributed by atoms with Crippen LogP contribution in [0.1, 0.15) is 17.4 Å². The summed E-state index contributed by atoms with van der Waals surface area (Å²) >= 11 is 0. The molecule has 0 bridgehead atoms. The van der Waals surface area contributed by atoms with Crippen LogP contribution in [0.3, 0.4) is 0 Å². The van der Waals surface area contributed by atoms with Gasteiger partial charge in [-0.25, -0.2) is 0 Å². The smallest absolute Gasteiger partial charge is 0.382 e. The highest BCUT2D eigenvalue weighted by atomic mass is 19.4. The SMILES string of the molecule is CCNC(=O)c1ccc(NCC(O)C(F)(F)F)nn1. The van der Waals surface area contributed by atoms with Gasteiger partial charge in [-0.3, -0.25) is 4.79 Å². The van der Waals surface area contributed by atoms with Crippen LogP contribution in [-0.2, 0) is 0 Å². The second-order valence-electron chi connectivity index (χ2n) is 3.60. The summed E-state index contributed by atoms with van der Waals surface area (Å²) < 4.78 is 36.1. The zero-order chi connectivity index (χ0) is 14.5. The van der Waals surface area contributed by atoms with E-state index in [-0.39, 0.29) is 11.5 Å². The number of hydrogen-bond acceptors (Lipinski definition) is 5. The predicted molar refractivity (Wildman–Crippen MR) is 60.6 cm³/mol. The van der Waals surface area contributed by atoms with Crippen molar-refractivity contribution in [3.05, 3.63) is 17.8 Å². The fourth-order valence-corrected chi connectivity index (χ4v) is 1.12. The van der Waals surface area contributed by atoms with Crippen LogP contribution in [0.4, 0.5) is 19.0 Å². The van der Waals surface area contributed by atoms with Gasteiger partial charge in [-0.15, -0.1) is 10.2 Å². The third kappa shape index (κ3) is 4.70. The Morgan fingerprint density at radius 1 is 1.42 bits per heavy atom. The molecular weight excluding hydrogens is 265 g/mol. The summed E-state index contributed by atoms with van der Waals surface area (Å²) in [5.41, 5.74) is 0.0590. The average Bonchev–Trinajstić information content (AvgIpc) is 2.35. The molecule has 1 unspecified atom stereocenters.